The molecule has 0 bridgehead atoms. The minimum Gasteiger partial charge on any atom is -0.480 e. The van der Waals surface area contributed by atoms with E-state index in [1.165, 1.54) is 0 Å². The van der Waals surface area contributed by atoms with Crippen molar-refractivity contribution in [3.8, 4) is 0 Å². The van der Waals surface area contributed by atoms with Gasteiger partial charge in [-0.25, -0.2) is 0 Å². The molecule has 1 unspecified atom stereocenters. The second-order valence-electron chi connectivity index (χ2n) is 7.80. The Hall–Kier alpha value is -2.41. The Kier molecular flexibility index (Phi) is 7.57. The number of benzene rings is 1. The summed E-state index contributed by atoms with van der Waals surface area (Å²) in [7, 11) is 0. The summed E-state index contributed by atoms with van der Waals surface area (Å²) >= 11 is 0. The first-order chi connectivity index (χ1) is 13.2. The zero-order valence-corrected chi connectivity index (χ0v) is 17.1. The maximum Gasteiger partial charge on any atom is 0.317 e. The van der Waals surface area contributed by atoms with E-state index in [-0.39, 0.29) is 36.4 Å². The van der Waals surface area contributed by atoms with E-state index in [9.17, 15) is 14.4 Å². The molecule has 0 spiro atoms. The van der Waals surface area contributed by atoms with Gasteiger partial charge in [-0.3, -0.25) is 19.3 Å². The number of carboxylic acid groups (broad SMARTS) is 1. The highest BCUT2D eigenvalue weighted by atomic mass is 16.4. The first-order valence-electron chi connectivity index (χ1n) is 9.85. The van der Waals surface area contributed by atoms with Crippen molar-refractivity contribution < 1.29 is 19.5 Å². The van der Waals surface area contributed by atoms with Crippen LogP contribution in [-0.2, 0) is 9.59 Å². The molecule has 1 fully saturated rings. The normalized spacial score (nSPS) is 19.8. The minimum atomic E-state index is -0.840. The summed E-state index contributed by atoms with van der Waals surface area (Å²) in [5.41, 5.74) is 1.43. The van der Waals surface area contributed by atoms with Crippen molar-refractivity contribution in [3.63, 3.8) is 0 Å². The lowest BCUT2D eigenvalue weighted by Crippen LogP contribution is -2.58. The molecule has 7 heteroatoms. The fraction of sp³-hybridized carbons (Fsp3) is 0.571. The fourth-order valence-corrected chi connectivity index (χ4v) is 3.55. The van der Waals surface area contributed by atoms with Crippen LogP contribution in [0.3, 0.4) is 0 Å². The van der Waals surface area contributed by atoms with Gasteiger partial charge in [-0.05, 0) is 43.9 Å². The Morgan fingerprint density at radius 2 is 1.86 bits per heavy atom. The molecule has 0 aliphatic heterocycles. The maximum absolute atomic E-state index is 12.7. The Morgan fingerprint density at radius 3 is 2.39 bits per heavy atom. The van der Waals surface area contributed by atoms with Gasteiger partial charge in [-0.1, -0.05) is 39.0 Å². The third-order valence-corrected chi connectivity index (χ3v) is 5.35. The fourth-order valence-electron chi connectivity index (χ4n) is 3.55. The maximum atomic E-state index is 12.7. The Bertz CT molecular complexity index is 713. The van der Waals surface area contributed by atoms with Crippen molar-refractivity contribution in [1.29, 1.82) is 0 Å². The van der Waals surface area contributed by atoms with Gasteiger partial charge in [0, 0.05) is 17.6 Å². The number of hydrogen-bond acceptors (Lipinski definition) is 4. The van der Waals surface area contributed by atoms with E-state index in [2.05, 4.69) is 10.6 Å². The molecule has 1 aromatic rings. The molecule has 1 atom stereocenters. The summed E-state index contributed by atoms with van der Waals surface area (Å²) < 4.78 is 0. The minimum absolute atomic E-state index is 0.0111. The quantitative estimate of drug-likeness (QED) is 0.598. The highest BCUT2D eigenvalue weighted by Crippen LogP contribution is 2.26. The van der Waals surface area contributed by atoms with Crippen molar-refractivity contribution in [2.24, 2.45) is 5.92 Å². The van der Waals surface area contributed by atoms with E-state index in [1.54, 1.807) is 12.1 Å². The number of likely N-dealkylation sites (N-methyl/N-ethyl adjacent to an activating group) is 1. The zero-order chi connectivity index (χ0) is 20.8. The van der Waals surface area contributed by atoms with Crippen molar-refractivity contribution >= 4 is 17.8 Å². The number of nitrogens with zero attached hydrogens (tertiary/aromatic N) is 1. The van der Waals surface area contributed by atoms with Crippen molar-refractivity contribution in [1.82, 2.24) is 15.5 Å². The smallest absolute Gasteiger partial charge is 0.317 e. The molecule has 0 heterocycles. The van der Waals surface area contributed by atoms with Gasteiger partial charge in [0.1, 0.15) is 6.04 Å². The van der Waals surface area contributed by atoms with Gasteiger partial charge < -0.3 is 15.7 Å². The first-order valence-corrected chi connectivity index (χ1v) is 9.85. The molecule has 154 valence electrons. The van der Waals surface area contributed by atoms with Gasteiger partial charge in [0.2, 0.25) is 5.91 Å². The highest BCUT2D eigenvalue weighted by molar-refractivity contribution is 5.98. The van der Waals surface area contributed by atoms with Crippen molar-refractivity contribution in [2.75, 3.05) is 13.1 Å². The largest absolute Gasteiger partial charge is 0.480 e. The first kappa shape index (κ1) is 21.9. The lowest BCUT2D eigenvalue weighted by atomic mass is 9.85. The second-order valence-corrected chi connectivity index (χ2v) is 7.80. The molecule has 28 heavy (non-hydrogen) atoms. The van der Waals surface area contributed by atoms with Crippen LogP contribution in [0.4, 0.5) is 0 Å². The Balaban J connectivity index is 1.91. The van der Waals surface area contributed by atoms with Crippen LogP contribution in [0, 0.1) is 12.8 Å². The van der Waals surface area contributed by atoms with Gasteiger partial charge in [0.15, 0.2) is 0 Å². The Morgan fingerprint density at radius 1 is 1.21 bits per heavy atom. The van der Waals surface area contributed by atoms with Crippen LogP contribution in [0.1, 0.15) is 49.5 Å². The summed E-state index contributed by atoms with van der Waals surface area (Å²) in [6.45, 7) is 8.28. The number of amides is 2. The number of carboxylic acids is 1. The molecular formula is C21H31N3O4. The van der Waals surface area contributed by atoms with E-state index < -0.39 is 12.0 Å². The average molecular weight is 389 g/mol. The topological polar surface area (TPSA) is 98.7 Å². The van der Waals surface area contributed by atoms with Crippen LogP contribution >= 0.6 is 0 Å². The third kappa shape index (κ3) is 5.55. The number of nitrogens with one attached hydrogen (secondary N) is 2. The number of aryl methyl sites for hydroxylation is 1. The van der Waals surface area contributed by atoms with Gasteiger partial charge in [-0.2, -0.15) is 0 Å². The van der Waals surface area contributed by atoms with Crippen LogP contribution in [0.2, 0.25) is 0 Å². The summed E-state index contributed by atoms with van der Waals surface area (Å²) in [5, 5.41) is 14.8. The van der Waals surface area contributed by atoms with Gasteiger partial charge in [0.05, 0.1) is 6.54 Å². The molecular weight excluding hydrogens is 358 g/mol. The number of hydrogen-bond donors (Lipinski definition) is 3. The predicted molar refractivity (Wildman–Crippen MR) is 107 cm³/mol. The molecule has 2 amide bonds. The van der Waals surface area contributed by atoms with Crippen LogP contribution in [0.25, 0.3) is 0 Å². The third-order valence-electron chi connectivity index (χ3n) is 5.35. The molecule has 0 saturated heterocycles. The molecule has 1 saturated carbocycles. The molecule has 1 aliphatic rings. The molecule has 2 rings (SSSR count). The lowest BCUT2D eigenvalue weighted by Gasteiger charge is -2.42. The SMILES string of the molecule is CCN(CC(=O)O)C1CC(NC(=O)C(NC(=O)c2ccccc2C)C(C)C)C1. The summed E-state index contributed by atoms with van der Waals surface area (Å²) in [5.74, 6) is -1.34. The van der Waals surface area contributed by atoms with E-state index in [1.807, 2.05) is 44.7 Å². The van der Waals surface area contributed by atoms with E-state index in [4.69, 9.17) is 5.11 Å². The summed E-state index contributed by atoms with van der Waals surface area (Å²) in [6, 6.07) is 6.85. The van der Waals surface area contributed by atoms with E-state index in [0.29, 0.717) is 12.1 Å². The molecule has 0 aromatic heterocycles. The lowest BCUT2D eigenvalue weighted by molar-refractivity contribution is -0.140. The number of rotatable bonds is 9. The van der Waals surface area contributed by atoms with Crippen LogP contribution < -0.4 is 10.6 Å². The zero-order valence-electron chi connectivity index (χ0n) is 17.1. The van der Waals surface area contributed by atoms with Crippen molar-refractivity contribution in [3.05, 3.63) is 35.4 Å². The van der Waals surface area contributed by atoms with Crippen molar-refractivity contribution in [2.45, 2.75) is 58.7 Å². The number of aliphatic carboxylic acids is 1. The molecule has 7 nitrogen and oxygen atoms in total. The van der Waals surface area contributed by atoms with E-state index >= 15 is 0 Å². The molecule has 1 aliphatic carbocycles. The van der Waals surface area contributed by atoms with Crippen LogP contribution in [-0.4, -0.2) is 59.0 Å². The second kappa shape index (κ2) is 9.68. The number of carbonyl (C=O) groups excluding carboxylic acids is 2. The molecule has 3 N–H and O–H groups in total. The van der Waals surface area contributed by atoms with Crippen LogP contribution in [0.5, 0.6) is 0 Å². The van der Waals surface area contributed by atoms with Gasteiger partial charge >= 0.3 is 5.97 Å². The molecule has 0 radical (unpaired) electrons. The van der Waals surface area contributed by atoms with Gasteiger partial charge in [0.25, 0.3) is 5.91 Å². The summed E-state index contributed by atoms with van der Waals surface area (Å²) in [4.78, 5) is 38.1. The van der Waals surface area contributed by atoms with Gasteiger partial charge in [-0.15, -0.1) is 0 Å². The highest BCUT2D eigenvalue weighted by Gasteiger charge is 2.36. The standard InChI is InChI=1S/C21H31N3O4/c1-5-24(12-18(25)26)16-10-15(11-16)22-21(28)19(13(2)3)23-20(27)17-9-7-6-8-14(17)4/h6-9,13,15-16,19H,5,10-12H2,1-4H3,(H,22,28)(H,23,27)(H,25,26). The Labute approximate surface area is 166 Å². The summed E-state index contributed by atoms with van der Waals surface area (Å²) in [6.07, 6.45) is 1.45. The number of carbonyl (C=O) groups is 3. The monoisotopic (exact) mass is 389 g/mol. The molecule has 1 aromatic carbocycles. The van der Waals surface area contributed by atoms with Crippen LogP contribution in [0.15, 0.2) is 24.3 Å². The van der Waals surface area contributed by atoms with E-state index in [0.717, 1.165) is 18.4 Å². The average Bonchev–Trinajstić information content (AvgIpc) is 2.60. The predicted octanol–water partition coefficient (Wildman–Crippen LogP) is 1.80.